The molecule has 1 amide bonds. The van der Waals surface area contributed by atoms with Gasteiger partial charge in [-0.05, 0) is 51.2 Å². The molecule has 0 aromatic carbocycles. The van der Waals surface area contributed by atoms with Crippen LogP contribution in [0.5, 0.6) is 5.88 Å². The molecule has 3 rings (SSSR count). The topological polar surface area (TPSA) is 67.3 Å². The molecule has 0 bridgehead atoms. The van der Waals surface area contributed by atoms with Gasteiger partial charge < -0.3 is 15.0 Å². The molecule has 6 heteroatoms. The zero-order valence-corrected chi connectivity index (χ0v) is 14.0. The van der Waals surface area contributed by atoms with Gasteiger partial charge in [0, 0.05) is 18.8 Å². The molecule has 1 N–H and O–H groups in total. The third-order valence-corrected chi connectivity index (χ3v) is 4.04. The number of likely N-dealkylation sites (N-methyl/N-ethyl adjacent to an activating group) is 1. The second-order valence-electron chi connectivity index (χ2n) is 5.92. The molecule has 0 aliphatic carbocycles. The van der Waals surface area contributed by atoms with Crippen molar-refractivity contribution in [2.75, 3.05) is 26.7 Å². The molecule has 1 fully saturated rings. The van der Waals surface area contributed by atoms with E-state index in [9.17, 15) is 4.79 Å². The van der Waals surface area contributed by atoms with Crippen LogP contribution in [0.25, 0.3) is 11.3 Å². The van der Waals surface area contributed by atoms with Crippen molar-refractivity contribution < 1.29 is 9.53 Å². The highest BCUT2D eigenvalue weighted by atomic mass is 16.5. The second-order valence-corrected chi connectivity index (χ2v) is 5.92. The van der Waals surface area contributed by atoms with Crippen molar-refractivity contribution in [1.29, 1.82) is 0 Å². The van der Waals surface area contributed by atoms with Crippen LogP contribution >= 0.6 is 0 Å². The van der Waals surface area contributed by atoms with Gasteiger partial charge in [-0.1, -0.05) is 6.07 Å². The minimum absolute atomic E-state index is 0.140. The first-order valence-electron chi connectivity index (χ1n) is 8.22. The van der Waals surface area contributed by atoms with Crippen molar-refractivity contribution in [3.63, 3.8) is 0 Å². The van der Waals surface area contributed by atoms with Crippen molar-refractivity contribution in [3.05, 3.63) is 42.2 Å². The number of hydrogen-bond acceptors (Lipinski definition) is 5. The molecule has 1 unspecified atom stereocenters. The number of carbonyl (C=O) groups excluding carboxylic acids is 1. The molecule has 6 nitrogen and oxygen atoms in total. The van der Waals surface area contributed by atoms with Gasteiger partial charge in [-0.15, -0.1) is 0 Å². The maximum absolute atomic E-state index is 12.5. The van der Waals surface area contributed by atoms with Crippen molar-refractivity contribution in [3.8, 4) is 17.1 Å². The lowest BCUT2D eigenvalue weighted by molar-refractivity contribution is 0.0933. The summed E-state index contributed by atoms with van der Waals surface area (Å²) in [6.45, 7) is 4.32. The van der Waals surface area contributed by atoms with Gasteiger partial charge in [0.05, 0.1) is 17.9 Å². The number of pyridine rings is 2. The zero-order valence-electron chi connectivity index (χ0n) is 14.0. The Morgan fingerprint density at radius 2 is 2.25 bits per heavy atom. The summed E-state index contributed by atoms with van der Waals surface area (Å²) in [6.07, 6.45) is 2.65. The largest absolute Gasteiger partial charge is 0.477 e. The van der Waals surface area contributed by atoms with Crippen LogP contribution < -0.4 is 10.1 Å². The molecule has 0 saturated carbocycles. The van der Waals surface area contributed by atoms with Gasteiger partial charge in [-0.2, -0.15) is 0 Å². The van der Waals surface area contributed by atoms with E-state index >= 15 is 0 Å². The van der Waals surface area contributed by atoms with Crippen LogP contribution in [0.4, 0.5) is 0 Å². The monoisotopic (exact) mass is 326 g/mol. The van der Waals surface area contributed by atoms with E-state index in [-0.39, 0.29) is 11.9 Å². The SMILES string of the molecule is CCOc1ncccc1-c1cccc(C(=O)NC2CCN(C)C2)n1. The molecule has 1 saturated heterocycles. The number of hydrogen-bond donors (Lipinski definition) is 1. The molecule has 0 radical (unpaired) electrons. The number of carbonyl (C=O) groups is 1. The summed E-state index contributed by atoms with van der Waals surface area (Å²) in [5.41, 5.74) is 1.88. The average Bonchev–Trinajstić information content (AvgIpc) is 3.01. The number of ether oxygens (including phenoxy) is 1. The Balaban J connectivity index is 1.80. The van der Waals surface area contributed by atoms with Crippen molar-refractivity contribution >= 4 is 5.91 Å². The van der Waals surface area contributed by atoms with E-state index in [0.717, 1.165) is 25.1 Å². The number of nitrogens with zero attached hydrogens (tertiary/aromatic N) is 3. The van der Waals surface area contributed by atoms with Crippen molar-refractivity contribution in [1.82, 2.24) is 20.2 Å². The van der Waals surface area contributed by atoms with Crippen LogP contribution in [0.15, 0.2) is 36.5 Å². The molecule has 24 heavy (non-hydrogen) atoms. The summed E-state index contributed by atoms with van der Waals surface area (Å²) in [6, 6.07) is 9.34. The highest BCUT2D eigenvalue weighted by molar-refractivity contribution is 5.93. The van der Waals surface area contributed by atoms with Gasteiger partial charge >= 0.3 is 0 Å². The average molecular weight is 326 g/mol. The molecular weight excluding hydrogens is 304 g/mol. The Labute approximate surface area is 141 Å². The minimum atomic E-state index is -0.140. The van der Waals surface area contributed by atoms with E-state index in [1.54, 1.807) is 12.3 Å². The zero-order chi connectivity index (χ0) is 16.9. The van der Waals surface area contributed by atoms with Gasteiger partial charge in [-0.25, -0.2) is 9.97 Å². The predicted octanol–water partition coefficient (Wildman–Crippen LogP) is 1.98. The van der Waals surface area contributed by atoms with Gasteiger partial charge in [0.2, 0.25) is 5.88 Å². The summed E-state index contributed by atoms with van der Waals surface area (Å²) in [5, 5.41) is 3.05. The number of likely N-dealkylation sites (tertiary alicyclic amines) is 1. The fraction of sp³-hybridized carbons (Fsp3) is 0.389. The molecule has 126 valence electrons. The Bertz CT molecular complexity index is 720. The molecular formula is C18H22N4O2. The Morgan fingerprint density at radius 3 is 3.00 bits per heavy atom. The van der Waals surface area contributed by atoms with Crippen LogP contribution in [-0.2, 0) is 0 Å². The summed E-state index contributed by atoms with van der Waals surface area (Å²) in [7, 11) is 2.06. The van der Waals surface area contributed by atoms with Crippen LogP contribution in [0.3, 0.4) is 0 Å². The van der Waals surface area contributed by atoms with Crippen LogP contribution in [0.1, 0.15) is 23.8 Å². The Hall–Kier alpha value is -2.47. The lowest BCUT2D eigenvalue weighted by Crippen LogP contribution is -2.36. The lowest BCUT2D eigenvalue weighted by Gasteiger charge is -2.13. The van der Waals surface area contributed by atoms with Gasteiger partial charge in [-0.3, -0.25) is 4.79 Å². The summed E-state index contributed by atoms with van der Waals surface area (Å²) < 4.78 is 5.55. The molecule has 1 aliphatic heterocycles. The van der Waals surface area contributed by atoms with E-state index in [1.807, 2.05) is 31.2 Å². The second kappa shape index (κ2) is 7.40. The summed E-state index contributed by atoms with van der Waals surface area (Å²) in [5.74, 6) is 0.390. The number of amides is 1. The van der Waals surface area contributed by atoms with Gasteiger partial charge in [0.15, 0.2) is 0 Å². The molecule has 2 aromatic heterocycles. The fourth-order valence-electron chi connectivity index (χ4n) is 2.86. The maximum Gasteiger partial charge on any atom is 0.270 e. The summed E-state index contributed by atoms with van der Waals surface area (Å²) >= 11 is 0. The van der Waals surface area contributed by atoms with E-state index in [2.05, 4.69) is 27.2 Å². The number of aromatic nitrogens is 2. The van der Waals surface area contributed by atoms with E-state index in [4.69, 9.17) is 4.74 Å². The lowest BCUT2D eigenvalue weighted by atomic mass is 10.1. The molecule has 1 atom stereocenters. The number of rotatable bonds is 5. The quantitative estimate of drug-likeness (QED) is 0.910. The normalized spacial score (nSPS) is 17.7. The van der Waals surface area contributed by atoms with Gasteiger partial charge in [0.25, 0.3) is 5.91 Å². The number of nitrogens with one attached hydrogen (secondary N) is 1. The van der Waals surface area contributed by atoms with Crippen molar-refractivity contribution in [2.45, 2.75) is 19.4 Å². The highest BCUT2D eigenvalue weighted by Crippen LogP contribution is 2.26. The summed E-state index contributed by atoms with van der Waals surface area (Å²) in [4.78, 5) is 23.4. The van der Waals surface area contributed by atoms with Gasteiger partial charge in [0.1, 0.15) is 5.69 Å². The van der Waals surface area contributed by atoms with Crippen LogP contribution in [0, 0.1) is 0 Å². The standard InChI is InChI=1S/C18H22N4O2/c1-3-24-18-14(6-5-10-19-18)15-7-4-8-16(21-15)17(23)20-13-9-11-22(2)12-13/h4-8,10,13H,3,9,11-12H2,1-2H3,(H,20,23). The Kier molecular flexibility index (Phi) is 5.05. The first-order chi connectivity index (χ1) is 11.7. The van der Waals surface area contributed by atoms with E-state index in [1.165, 1.54) is 0 Å². The smallest absolute Gasteiger partial charge is 0.270 e. The Morgan fingerprint density at radius 1 is 1.38 bits per heavy atom. The molecule has 2 aromatic rings. The molecule has 1 aliphatic rings. The third kappa shape index (κ3) is 3.71. The van der Waals surface area contributed by atoms with E-state index in [0.29, 0.717) is 23.9 Å². The predicted molar refractivity (Wildman–Crippen MR) is 92.0 cm³/mol. The first kappa shape index (κ1) is 16.4. The van der Waals surface area contributed by atoms with Crippen LogP contribution in [0.2, 0.25) is 0 Å². The maximum atomic E-state index is 12.5. The fourth-order valence-corrected chi connectivity index (χ4v) is 2.86. The molecule has 0 spiro atoms. The highest BCUT2D eigenvalue weighted by Gasteiger charge is 2.22. The minimum Gasteiger partial charge on any atom is -0.477 e. The first-order valence-corrected chi connectivity index (χ1v) is 8.22. The van der Waals surface area contributed by atoms with Crippen LogP contribution in [-0.4, -0.2) is 53.6 Å². The molecule has 3 heterocycles. The van der Waals surface area contributed by atoms with E-state index < -0.39 is 0 Å². The van der Waals surface area contributed by atoms with Crippen molar-refractivity contribution in [2.24, 2.45) is 0 Å². The third-order valence-electron chi connectivity index (χ3n) is 4.04.